The molecule has 5 N–H and O–H groups in total. The third-order valence-electron chi connectivity index (χ3n) is 9.13. The van der Waals surface area contributed by atoms with Crippen molar-refractivity contribution in [2.75, 3.05) is 29.2 Å². The molecular weight excluding hydrogens is 694 g/mol. The second-order valence-electron chi connectivity index (χ2n) is 12.9. The topological polar surface area (TPSA) is 174 Å². The smallest absolute Gasteiger partial charge is 0.272 e. The van der Waals surface area contributed by atoms with Crippen LogP contribution in [-0.2, 0) is 43.6 Å². The van der Waals surface area contributed by atoms with E-state index >= 15 is 0 Å². The van der Waals surface area contributed by atoms with Crippen molar-refractivity contribution < 1.29 is 29.1 Å². The summed E-state index contributed by atoms with van der Waals surface area (Å²) in [5, 5.41) is 19.1. The summed E-state index contributed by atoms with van der Waals surface area (Å²) in [6.07, 6.45) is 5.17. The lowest BCUT2D eigenvalue weighted by atomic mass is 9.97. The van der Waals surface area contributed by atoms with Crippen LogP contribution < -0.4 is 21.3 Å². The zero-order chi connectivity index (χ0) is 36.7. The number of nitrogens with one attached hydrogen (secondary N) is 2. The molecule has 0 spiro atoms. The summed E-state index contributed by atoms with van der Waals surface area (Å²) in [5.41, 5.74) is 10.5. The first kappa shape index (κ1) is 35.5. The van der Waals surface area contributed by atoms with Crippen LogP contribution >= 0.6 is 22.9 Å². The molecule has 4 aromatic heterocycles. The van der Waals surface area contributed by atoms with Gasteiger partial charge in [-0.15, -0.1) is 22.9 Å². The molecule has 0 saturated heterocycles. The zero-order valence-corrected chi connectivity index (χ0v) is 30.2. The minimum absolute atomic E-state index is 0.0124. The summed E-state index contributed by atoms with van der Waals surface area (Å²) >= 11 is 7.84. The lowest BCUT2D eigenvalue weighted by molar-refractivity contribution is -0.118. The number of halogens is 1. The van der Waals surface area contributed by atoms with E-state index in [1.165, 1.54) is 17.4 Å². The number of carbonyl (C=O) groups is 5. The normalized spacial score (nSPS) is 13.8. The van der Waals surface area contributed by atoms with Crippen LogP contribution in [0, 0.1) is 6.92 Å². The molecule has 1 aliphatic heterocycles. The number of amides is 4. The molecule has 0 fully saturated rings. The number of benzene rings is 1. The van der Waals surface area contributed by atoms with Crippen LogP contribution in [0.25, 0.3) is 10.1 Å². The Balaban J connectivity index is 1.11. The van der Waals surface area contributed by atoms with E-state index in [-0.39, 0.29) is 54.9 Å². The summed E-state index contributed by atoms with van der Waals surface area (Å²) in [7, 11) is 5.11. The van der Waals surface area contributed by atoms with Crippen molar-refractivity contribution in [2.45, 2.75) is 32.1 Å². The number of thiophene rings is 1. The molecule has 0 radical (unpaired) electrons. The van der Waals surface area contributed by atoms with E-state index in [1.54, 1.807) is 76.5 Å². The maximum absolute atomic E-state index is 13.7. The second-order valence-corrected chi connectivity index (χ2v) is 14.1. The van der Waals surface area contributed by atoms with E-state index in [0.29, 0.717) is 46.3 Å². The fraction of sp³-hybridized carbons (Fsp3) is 0.306. The third-order valence-corrected chi connectivity index (χ3v) is 10.6. The molecule has 1 aromatic carbocycles. The number of Topliss-reactive ketones (excluding diaryl/α,β-unsaturated/α-hetero) is 1. The van der Waals surface area contributed by atoms with Crippen LogP contribution in [0.2, 0.25) is 0 Å². The fourth-order valence-corrected chi connectivity index (χ4v) is 7.96. The quantitative estimate of drug-likeness (QED) is 0.111. The Kier molecular flexibility index (Phi) is 9.82. The molecule has 0 saturated carbocycles. The van der Waals surface area contributed by atoms with Crippen molar-refractivity contribution >= 4 is 73.8 Å². The van der Waals surface area contributed by atoms with Crippen molar-refractivity contribution in [3.63, 3.8) is 0 Å². The van der Waals surface area contributed by atoms with Crippen molar-refractivity contribution in [1.82, 2.24) is 19.0 Å². The number of hydrogen-bond acceptors (Lipinski definition) is 7. The van der Waals surface area contributed by atoms with Crippen LogP contribution in [0.1, 0.15) is 66.1 Å². The molecule has 6 rings (SSSR count). The van der Waals surface area contributed by atoms with E-state index in [9.17, 15) is 29.1 Å². The molecule has 0 aliphatic carbocycles. The molecule has 5 aromatic rings. The van der Waals surface area contributed by atoms with Gasteiger partial charge in [0.25, 0.3) is 11.8 Å². The SMILES string of the molecule is Cc1csc2c(O)cc3c(c12)[C@H](CCl)CN3C(=O)Cc1cc(C(=O)Cc2cc(C(=O)Nc3cc(C(=O)NCCC(N)=O)n(C)c3)n(C)c2)n(C)c1. The summed E-state index contributed by atoms with van der Waals surface area (Å²) in [4.78, 5) is 65.4. The van der Waals surface area contributed by atoms with Gasteiger partial charge < -0.3 is 40.1 Å². The van der Waals surface area contributed by atoms with Crippen LogP contribution in [0.4, 0.5) is 11.4 Å². The van der Waals surface area contributed by atoms with Crippen LogP contribution in [-0.4, -0.2) is 67.2 Å². The number of alkyl halides is 1. The lowest BCUT2D eigenvalue weighted by Gasteiger charge is -2.18. The molecule has 15 heteroatoms. The standard InChI is InChI=1S/C36H38ClN7O6S/c1-19-18-51-34-29(46)12-25-33(32(19)34)22(13-37)16-44(25)31(48)10-21-7-24(41(2)15-21)28(45)9-20-8-26(42(3)14-20)36(50)40-23-11-27(43(4)17-23)35(49)39-6-5-30(38)47/h7-8,11-12,14-15,17-18,22,46H,5-6,9-10,13,16H2,1-4H3,(H2,38,47)(H,39,49)(H,40,50)/t22-/m1/s1. The predicted octanol–water partition coefficient (Wildman–Crippen LogP) is 4.13. The van der Waals surface area contributed by atoms with Gasteiger partial charge in [0.1, 0.15) is 17.1 Å². The Bertz CT molecular complexity index is 2230. The number of rotatable bonds is 12. The van der Waals surface area contributed by atoms with E-state index in [2.05, 4.69) is 10.6 Å². The first-order chi connectivity index (χ1) is 24.2. The zero-order valence-electron chi connectivity index (χ0n) is 28.6. The maximum Gasteiger partial charge on any atom is 0.272 e. The number of aromatic hydroxyl groups is 1. The van der Waals surface area contributed by atoms with Gasteiger partial charge in [0.15, 0.2) is 5.78 Å². The summed E-state index contributed by atoms with van der Waals surface area (Å²) in [6, 6.07) is 6.53. The van der Waals surface area contributed by atoms with Gasteiger partial charge in [-0.2, -0.15) is 0 Å². The van der Waals surface area contributed by atoms with Gasteiger partial charge in [-0.1, -0.05) is 0 Å². The Labute approximate surface area is 302 Å². The molecule has 266 valence electrons. The van der Waals surface area contributed by atoms with Gasteiger partial charge in [0.05, 0.1) is 28.2 Å². The Hall–Kier alpha value is -5.34. The van der Waals surface area contributed by atoms with Crippen LogP contribution in [0.15, 0.2) is 48.2 Å². The number of aromatic nitrogens is 3. The predicted molar refractivity (Wildman–Crippen MR) is 196 cm³/mol. The highest BCUT2D eigenvalue weighted by Crippen LogP contribution is 2.48. The Morgan fingerprint density at radius 1 is 0.922 bits per heavy atom. The number of primary amides is 1. The number of carbonyl (C=O) groups excluding carboxylic acids is 5. The molecule has 51 heavy (non-hydrogen) atoms. The number of nitrogens with zero attached hydrogens (tertiary/aromatic N) is 4. The Morgan fingerprint density at radius 3 is 2.27 bits per heavy atom. The van der Waals surface area contributed by atoms with E-state index in [1.807, 2.05) is 12.3 Å². The highest BCUT2D eigenvalue weighted by molar-refractivity contribution is 7.17. The summed E-state index contributed by atoms with van der Waals surface area (Å²) in [6.45, 7) is 2.50. The molecule has 4 amide bonds. The minimum atomic E-state index is -0.525. The van der Waals surface area contributed by atoms with E-state index in [0.717, 1.165) is 21.2 Å². The van der Waals surface area contributed by atoms with Gasteiger partial charge in [-0.05, 0) is 52.8 Å². The molecule has 13 nitrogen and oxygen atoms in total. The first-order valence-corrected chi connectivity index (χ1v) is 17.6. The van der Waals surface area contributed by atoms with Crippen molar-refractivity contribution in [3.8, 4) is 5.75 Å². The molecule has 5 heterocycles. The third kappa shape index (κ3) is 7.01. The van der Waals surface area contributed by atoms with Gasteiger partial charge in [0.2, 0.25) is 11.8 Å². The molecule has 0 unspecified atom stereocenters. The van der Waals surface area contributed by atoms with E-state index < -0.39 is 17.7 Å². The van der Waals surface area contributed by atoms with Gasteiger partial charge in [-0.25, -0.2) is 0 Å². The lowest BCUT2D eigenvalue weighted by Crippen LogP contribution is -2.31. The number of hydrogen-bond donors (Lipinski definition) is 4. The second kappa shape index (κ2) is 14.1. The highest BCUT2D eigenvalue weighted by Gasteiger charge is 2.35. The molecular formula is C36H38ClN7O6S. The van der Waals surface area contributed by atoms with E-state index in [4.69, 9.17) is 17.3 Å². The van der Waals surface area contributed by atoms with Crippen molar-refractivity contribution in [2.24, 2.45) is 26.9 Å². The maximum atomic E-state index is 13.7. The average molecular weight is 732 g/mol. The fourth-order valence-electron chi connectivity index (χ4n) is 6.73. The average Bonchev–Trinajstić information content (AvgIpc) is 3.88. The number of ketones is 1. The van der Waals surface area contributed by atoms with Gasteiger partial charge >= 0.3 is 0 Å². The number of nitrogens with two attached hydrogens (primary N) is 1. The summed E-state index contributed by atoms with van der Waals surface area (Å²) < 4.78 is 5.67. The van der Waals surface area contributed by atoms with Crippen LogP contribution in [0.3, 0.4) is 0 Å². The Morgan fingerprint density at radius 2 is 1.57 bits per heavy atom. The van der Waals surface area contributed by atoms with Gasteiger partial charge in [0, 0.05) is 88.9 Å². The number of aryl methyl sites for hydroxylation is 4. The minimum Gasteiger partial charge on any atom is -0.506 e. The molecule has 1 aliphatic rings. The van der Waals surface area contributed by atoms with Gasteiger partial charge in [-0.3, -0.25) is 24.0 Å². The number of phenolic OH excluding ortho intramolecular Hbond substituents is 1. The monoisotopic (exact) mass is 731 g/mol. The largest absolute Gasteiger partial charge is 0.506 e. The number of fused-ring (bicyclic) bond motifs is 3. The number of phenols is 1. The van der Waals surface area contributed by atoms with Crippen molar-refractivity contribution in [3.05, 3.63) is 87.6 Å². The number of anilines is 2. The molecule has 0 bridgehead atoms. The van der Waals surface area contributed by atoms with Crippen molar-refractivity contribution in [1.29, 1.82) is 0 Å². The summed E-state index contributed by atoms with van der Waals surface area (Å²) in [5.74, 6) is -1.30. The first-order valence-electron chi connectivity index (χ1n) is 16.2. The van der Waals surface area contributed by atoms with Crippen LogP contribution in [0.5, 0.6) is 5.75 Å². The highest BCUT2D eigenvalue weighted by atomic mass is 35.5. The molecule has 1 atom stereocenters.